The smallest absolute Gasteiger partial charge is 0.416 e. The lowest BCUT2D eigenvalue weighted by Gasteiger charge is -2.30. The summed E-state index contributed by atoms with van der Waals surface area (Å²) in [6.45, 7) is 0.781. The van der Waals surface area contributed by atoms with Crippen molar-refractivity contribution >= 4 is 27.3 Å². The lowest BCUT2D eigenvalue weighted by Crippen LogP contribution is -2.37. The summed E-state index contributed by atoms with van der Waals surface area (Å²) in [5, 5.41) is 0. The highest BCUT2D eigenvalue weighted by Crippen LogP contribution is 2.39. The van der Waals surface area contributed by atoms with E-state index in [2.05, 4.69) is 14.7 Å². The van der Waals surface area contributed by atoms with Crippen LogP contribution in [0, 0.1) is 0 Å². The predicted molar refractivity (Wildman–Crippen MR) is 162 cm³/mol. The van der Waals surface area contributed by atoms with Crippen molar-refractivity contribution in [3.8, 4) is 28.3 Å². The molecule has 0 fully saturated rings. The first kappa shape index (κ1) is 31.9. The molecular formula is C31H29F3N4O6S. The van der Waals surface area contributed by atoms with E-state index < -0.39 is 21.8 Å². The molecule has 236 valence electrons. The minimum atomic E-state index is -4.55. The molecule has 1 aliphatic heterocycles. The van der Waals surface area contributed by atoms with Crippen molar-refractivity contribution in [1.29, 1.82) is 0 Å². The number of sulfonamides is 1. The first-order valence-electron chi connectivity index (χ1n) is 13.7. The molecule has 1 N–H and O–H groups in total. The van der Waals surface area contributed by atoms with Crippen molar-refractivity contribution < 1.29 is 40.6 Å². The second kappa shape index (κ2) is 13.2. The fourth-order valence-corrected chi connectivity index (χ4v) is 5.45. The van der Waals surface area contributed by atoms with E-state index in [4.69, 9.17) is 14.2 Å². The number of alkyl halides is 3. The summed E-state index contributed by atoms with van der Waals surface area (Å²) in [4.78, 5) is 23.5. The number of halogens is 3. The summed E-state index contributed by atoms with van der Waals surface area (Å²) in [7, 11) is -2.15. The van der Waals surface area contributed by atoms with Gasteiger partial charge in [-0.1, -0.05) is 18.2 Å². The normalized spacial score (nSPS) is 13.4. The van der Waals surface area contributed by atoms with Crippen LogP contribution in [-0.2, 0) is 32.1 Å². The van der Waals surface area contributed by atoms with Crippen LogP contribution >= 0.6 is 0 Å². The van der Waals surface area contributed by atoms with Gasteiger partial charge in [0, 0.05) is 42.9 Å². The monoisotopic (exact) mass is 642 g/mol. The molecule has 14 heteroatoms. The number of nitrogens with one attached hydrogen (secondary N) is 1. The molecule has 0 atom stereocenters. The number of carbonyl (C=O) groups is 1. The standard InChI is InChI=1S/C31H29F3N4O6S/c1-42-14-15-43-19-44-28-9-6-23(18-27(28)37-45(2,40)41)38-13-10-21-16-20(4-7-25(21)30(38)39)24-8-5-22(31(32,33)34)17-26(24)29-35-11-3-12-36-29/h3-9,11-12,16-18,37H,10,13-15,19H2,1-2H3. The average Bonchev–Trinajstić information content (AvgIpc) is 3.00. The molecule has 2 heterocycles. The second-order valence-corrected chi connectivity index (χ2v) is 11.9. The molecule has 0 radical (unpaired) electrons. The molecule has 0 bridgehead atoms. The molecule has 4 aromatic rings. The Morgan fingerprint density at radius 2 is 1.71 bits per heavy atom. The average molecular weight is 643 g/mol. The third-order valence-corrected chi connectivity index (χ3v) is 7.54. The number of aromatic nitrogens is 2. The molecule has 10 nitrogen and oxygen atoms in total. The van der Waals surface area contributed by atoms with Gasteiger partial charge in [-0.05, 0) is 65.6 Å². The van der Waals surface area contributed by atoms with Crippen molar-refractivity contribution in [2.75, 3.05) is 49.5 Å². The minimum absolute atomic E-state index is 0.136. The van der Waals surface area contributed by atoms with Crippen LogP contribution in [0.4, 0.5) is 24.5 Å². The van der Waals surface area contributed by atoms with Crippen LogP contribution in [0.3, 0.4) is 0 Å². The van der Waals surface area contributed by atoms with Crippen molar-refractivity contribution in [3.63, 3.8) is 0 Å². The van der Waals surface area contributed by atoms with Gasteiger partial charge >= 0.3 is 6.18 Å². The Balaban J connectivity index is 1.44. The Morgan fingerprint density at radius 1 is 0.956 bits per heavy atom. The summed E-state index contributed by atoms with van der Waals surface area (Å²) in [6.07, 6.45) is -0.193. The zero-order chi connectivity index (χ0) is 32.2. The zero-order valence-corrected chi connectivity index (χ0v) is 25.1. The van der Waals surface area contributed by atoms with Gasteiger partial charge in [0.1, 0.15) is 5.75 Å². The molecule has 1 aromatic heterocycles. The van der Waals surface area contributed by atoms with Gasteiger partial charge in [0.25, 0.3) is 5.91 Å². The van der Waals surface area contributed by atoms with Crippen LogP contribution in [0.2, 0.25) is 0 Å². The molecule has 0 unspecified atom stereocenters. The number of benzene rings is 3. The number of fused-ring (bicyclic) bond motifs is 1. The number of hydrogen-bond donors (Lipinski definition) is 1. The molecule has 3 aromatic carbocycles. The molecule has 45 heavy (non-hydrogen) atoms. The van der Waals surface area contributed by atoms with Gasteiger partial charge in [-0.2, -0.15) is 13.2 Å². The Bertz CT molecular complexity index is 1800. The van der Waals surface area contributed by atoms with E-state index in [0.29, 0.717) is 35.4 Å². The van der Waals surface area contributed by atoms with Gasteiger partial charge in [-0.25, -0.2) is 18.4 Å². The van der Waals surface area contributed by atoms with Crippen LogP contribution < -0.4 is 14.4 Å². The third kappa shape index (κ3) is 7.59. The fraction of sp³-hybridized carbons (Fsp3) is 0.258. The number of nitrogens with zero attached hydrogens (tertiary/aromatic N) is 3. The largest absolute Gasteiger partial charge is 0.465 e. The Hall–Kier alpha value is -4.53. The van der Waals surface area contributed by atoms with Crippen LogP contribution in [0.5, 0.6) is 5.75 Å². The zero-order valence-electron chi connectivity index (χ0n) is 24.3. The third-order valence-electron chi connectivity index (χ3n) is 6.95. The highest BCUT2D eigenvalue weighted by molar-refractivity contribution is 7.92. The van der Waals surface area contributed by atoms with Gasteiger partial charge in [0.05, 0.1) is 30.7 Å². The molecule has 1 aliphatic rings. The number of methoxy groups -OCH3 is 1. The van der Waals surface area contributed by atoms with E-state index in [1.165, 1.54) is 36.5 Å². The molecule has 0 aliphatic carbocycles. The first-order chi connectivity index (χ1) is 21.4. The molecule has 0 saturated carbocycles. The highest BCUT2D eigenvalue weighted by Gasteiger charge is 2.32. The second-order valence-electron chi connectivity index (χ2n) is 10.1. The molecule has 0 saturated heterocycles. The number of hydrogen-bond acceptors (Lipinski definition) is 8. The van der Waals surface area contributed by atoms with Crippen molar-refractivity contribution in [3.05, 3.63) is 89.7 Å². The molecule has 5 rings (SSSR count). The van der Waals surface area contributed by atoms with Gasteiger partial charge in [-0.15, -0.1) is 0 Å². The maximum absolute atomic E-state index is 13.6. The van der Waals surface area contributed by atoms with Gasteiger partial charge in [-0.3, -0.25) is 9.52 Å². The lowest BCUT2D eigenvalue weighted by molar-refractivity contribution is -0.137. The van der Waals surface area contributed by atoms with E-state index >= 15 is 0 Å². The fourth-order valence-electron chi connectivity index (χ4n) is 4.90. The number of carbonyl (C=O) groups excluding carboxylic acids is 1. The summed E-state index contributed by atoms with van der Waals surface area (Å²) in [6, 6.07) is 14.8. The highest BCUT2D eigenvalue weighted by atomic mass is 32.2. The van der Waals surface area contributed by atoms with Crippen molar-refractivity contribution in [2.24, 2.45) is 0 Å². The van der Waals surface area contributed by atoms with Gasteiger partial charge < -0.3 is 19.1 Å². The Labute approximate surface area is 257 Å². The summed E-state index contributed by atoms with van der Waals surface area (Å²) < 4.78 is 83.0. The number of anilines is 2. The van der Waals surface area contributed by atoms with Crippen LogP contribution in [0.1, 0.15) is 21.5 Å². The summed E-state index contributed by atoms with van der Waals surface area (Å²) >= 11 is 0. The number of amides is 1. The molecule has 1 amide bonds. The van der Waals surface area contributed by atoms with Crippen LogP contribution in [-0.4, -0.2) is 64.2 Å². The van der Waals surface area contributed by atoms with E-state index in [9.17, 15) is 26.4 Å². The topological polar surface area (TPSA) is 120 Å². The van der Waals surface area contributed by atoms with Crippen molar-refractivity contribution in [1.82, 2.24) is 9.97 Å². The van der Waals surface area contributed by atoms with E-state index in [1.54, 1.807) is 36.4 Å². The van der Waals surface area contributed by atoms with E-state index in [-0.39, 0.29) is 48.7 Å². The number of ether oxygens (including phenoxy) is 3. The quantitative estimate of drug-likeness (QED) is 0.171. The Kier molecular flexibility index (Phi) is 9.37. The van der Waals surface area contributed by atoms with Crippen LogP contribution in [0.15, 0.2) is 73.1 Å². The lowest BCUT2D eigenvalue weighted by atomic mass is 9.91. The van der Waals surface area contributed by atoms with Gasteiger partial charge in [0.2, 0.25) is 10.0 Å². The maximum atomic E-state index is 13.6. The molecular weight excluding hydrogens is 613 g/mol. The van der Waals surface area contributed by atoms with Gasteiger partial charge in [0.15, 0.2) is 12.6 Å². The van der Waals surface area contributed by atoms with E-state index in [0.717, 1.165) is 24.0 Å². The Morgan fingerprint density at radius 3 is 2.42 bits per heavy atom. The SMILES string of the molecule is COCCOCOc1ccc(N2CCc3cc(-c4ccc(C(F)(F)F)cc4-c4ncccn4)ccc3C2=O)cc1NS(C)(=O)=O. The number of rotatable bonds is 11. The minimum Gasteiger partial charge on any atom is -0.465 e. The predicted octanol–water partition coefficient (Wildman–Crippen LogP) is 5.40. The summed E-state index contributed by atoms with van der Waals surface area (Å²) in [5.41, 5.74) is 2.21. The summed E-state index contributed by atoms with van der Waals surface area (Å²) in [5.74, 6) is 0.0422. The maximum Gasteiger partial charge on any atom is 0.416 e. The van der Waals surface area contributed by atoms with Crippen molar-refractivity contribution in [2.45, 2.75) is 12.6 Å². The van der Waals surface area contributed by atoms with Crippen LogP contribution in [0.25, 0.3) is 22.5 Å². The first-order valence-corrected chi connectivity index (χ1v) is 15.6. The van der Waals surface area contributed by atoms with E-state index in [1.807, 2.05) is 0 Å². The molecule has 0 spiro atoms.